The molecule has 0 aliphatic heterocycles. The third-order valence-corrected chi connectivity index (χ3v) is 4.79. The molecule has 26 heavy (non-hydrogen) atoms. The minimum Gasteiger partial charge on any atom is -0.490 e. The van der Waals surface area contributed by atoms with Gasteiger partial charge in [0.2, 0.25) is 5.13 Å². The molecule has 1 N–H and O–H groups in total. The van der Waals surface area contributed by atoms with Crippen molar-refractivity contribution in [3.05, 3.63) is 38.3 Å². The van der Waals surface area contributed by atoms with E-state index in [1.807, 2.05) is 13.8 Å². The van der Waals surface area contributed by atoms with Crippen molar-refractivity contribution in [2.24, 2.45) is 5.10 Å². The van der Waals surface area contributed by atoms with Gasteiger partial charge in [0.15, 0.2) is 5.75 Å². The lowest BCUT2D eigenvalue weighted by Gasteiger charge is -2.09. The third-order valence-electron chi connectivity index (χ3n) is 3.25. The van der Waals surface area contributed by atoms with Crippen molar-refractivity contribution in [1.29, 1.82) is 0 Å². The van der Waals surface area contributed by atoms with E-state index in [-0.39, 0.29) is 0 Å². The van der Waals surface area contributed by atoms with E-state index >= 15 is 0 Å². The first-order valence-corrected chi connectivity index (χ1v) is 9.56. The number of hydrazone groups is 1. The Kier molecular flexibility index (Phi) is 7.68. The molecule has 6 nitrogen and oxygen atoms in total. The number of anilines is 1. The largest absolute Gasteiger partial charge is 0.490 e. The third kappa shape index (κ3) is 5.09. The maximum atomic E-state index is 11.7. The number of nitrogens with zero attached hydrogens (tertiary/aromatic N) is 2. The zero-order valence-corrected chi connectivity index (χ0v) is 17.0. The Balaban J connectivity index is 2.11. The molecule has 0 aliphatic rings. The number of aryl methyl sites for hydroxylation is 1. The number of carbonyl (C=O) groups is 1. The number of methoxy groups -OCH3 is 1. The summed E-state index contributed by atoms with van der Waals surface area (Å²) in [6.45, 7) is 4.46. The summed E-state index contributed by atoms with van der Waals surface area (Å²) in [5.74, 6) is 0.0631. The van der Waals surface area contributed by atoms with Crippen LogP contribution in [-0.2, 0) is 11.2 Å². The fraction of sp³-hybridized carbons (Fsp3) is 0.353. The molecular formula is C17H19Cl2N3O3S. The molecule has 0 spiro atoms. The van der Waals surface area contributed by atoms with Gasteiger partial charge in [0.1, 0.15) is 4.88 Å². The number of rotatable bonds is 8. The van der Waals surface area contributed by atoms with Crippen LogP contribution in [0.1, 0.15) is 41.2 Å². The van der Waals surface area contributed by atoms with Crippen LogP contribution in [0, 0.1) is 0 Å². The Morgan fingerprint density at radius 1 is 1.35 bits per heavy atom. The van der Waals surface area contributed by atoms with Gasteiger partial charge in [-0.25, -0.2) is 9.78 Å². The van der Waals surface area contributed by atoms with Gasteiger partial charge in [-0.05, 0) is 30.5 Å². The first-order chi connectivity index (χ1) is 12.5. The number of halogens is 2. The highest BCUT2D eigenvalue weighted by atomic mass is 35.5. The summed E-state index contributed by atoms with van der Waals surface area (Å²) in [7, 11) is 1.34. The second-order valence-electron chi connectivity index (χ2n) is 5.17. The lowest BCUT2D eigenvalue weighted by molar-refractivity contribution is 0.0605. The zero-order valence-electron chi connectivity index (χ0n) is 14.6. The van der Waals surface area contributed by atoms with E-state index in [1.54, 1.807) is 18.3 Å². The van der Waals surface area contributed by atoms with Gasteiger partial charge in [-0.2, -0.15) is 5.10 Å². The van der Waals surface area contributed by atoms with Crippen molar-refractivity contribution < 1.29 is 14.3 Å². The fourth-order valence-electron chi connectivity index (χ4n) is 2.05. The molecule has 1 aromatic carbocycles. The summed E-state index contributed by atoms with van der Waals surface area (Å²) in [4.78, 5) is 16.5. The van der Waals surface area contributed by atoms with Crippen LogP contribution in [0.25, 0.3) is 0 Å². The number of aromatic nitrogens is 1. The average molecular weight is 416 g/mol. The molecule has 9 heteroatoms. The zero-order chi connectivity index (χ0) is 19.1. The van der Waals surface area contributed by atoms with Gasteiger partial charge in [-0.15, -0.1) is 0 Å². The number of ether oxygens (including phenoxy) is 2. The molecule has 140 valence electrons. The molecule has 0 fully saturated rings. The van der Waals surface area contributed by atoms with E-state index in [1.165, 1.54) is 18.4 Å². The quantitative estimate of drug-likeness (QED) is 0.371. The molecule has 0 bridgehead atoms. The number of thiazole rings is 1. The van der Waals surface area contributed by atoms with Crippen molar-refractivity contribution in [3.8, 4) is 5.75 Å². The average Bonchev–Trinajstić information content (AvgIpc) is 3.03. The first kappa shape index (κ1) is 20.5. The fourth-order valence-corrected chi connectivity index (χ4v) is 3.58. The molecule has 2 aromatic rings. The number of nitrogens with one attached hydrogen (secondary N) is 1. The van der Waals surface area contributed by atoms with E-state index in [9.17, 15) is 4.79 Å². The van der Waals surface area contributed by atoms with E-state index in [4.69, 9.17) is 32.7 Å². The molecule has 0 atom stereocenters. The molecule has 0 radical (unpaired) electrons. The number of benzene rings is 1. The molecule has 0 aliphatic carbocycles. The highest BCUT2D eigenvalue weighted by molar-refractivity contribution is 7.17. The van der Waals surface area contributed by atoms with Crippen LogP contribution in [-0.4, -0.2) is 30.9 Å². The van der Waals surface area contributed by atoms with E-state index in [2.05, 4.69) is 15.5 Å². The predicted molar refractivity (Wildman–Crippen MR) is 106 cm³/mol. The van der Waals surface area contributed by atoms with Crippen molar-refractivity contribution in [2.45, 2.75) is 26.7 Å². The molecule has 0 amide bonds. The lowest BCUT2D eigenvalue weighted by Crippen LogP contribution is -2.01. The first-order valence-electron chi connectivity index (χ1n) is 7.99. The van der Waals surface area contributed by atoms with Crippen LogP contribution in [0.15, 0.2) is 17.2 Å². The van der Waals surface area contributed by atoms with Gasteiger partial charge in [0, 0.05) is 0 Å². The Bertz CT molecular complexity index is 786. The Morgan fingerprint density at radius 3 is 2.62 bits per heavy atom. The maximum Gasteiger partial charge on any atom is 0.350 e. The SMILES string of the molecule is CCCOc1c(Cl)cc(/C=N\Nc2nc(CC)c(C(=O)OC)s2)cc1Cl. The van der Waals surface area contributed by atoms with Crippen LogP contribution in [0.3, 0.4) is 0 Å². The number of esters is 1. The summed E-state index contributed by atoms with van der Waals surface area (Å²) >= 11 is 13.6. The minimum absolute atomic E-state index is 0.405. The molecule has 1 heterocycles. The normalized spacial score (nSPS) is 11.0. The standard InChI is InChI=1S/C17H19Cl2N3O3S/c1-4-6-25-14-11(18)7-10(8-12(14)19)9-20-22-17-21-13(5-2)15(26-17)16(23)24-3/h7-9H,4-6H2,1-3H3,(H,21,22)/b20-9-. The van der Waals surface area contributed by atoms with E-state index in [0.29, 0.717) is 50.1 Å². The smallest absolute Gasteiger partial charge is 0.350 e. The number of hydrogen-bond acceptors (Lipinski definition) is 7. The second-order valence-corrected chi connectivity index (χ2v) is 6.99. The molecule has 1 aromatic heterocycles. The van der Waals surface area contributed by atoms with Gasteiger partial charge in [-0.1, -0.05) is 48.4 Å². The van der Waals surface area contributed by atoms with Crippen LogP contribution in [0.4, 0.5) is 5.13 Å². The Hall–Kier alpha value is -1.83. The predicted octanol–water partition coefficient (Wildman–Crippen LogP) is 5.03. The monoisotopic (exact) mass is 415 g/mol. The van der Waals surface area contributed by atoms with Crippen molar-refractivity contribution in [2.75, 3.05) is 19.1 Å². The topological polar surface area (TPSA) is 72.8 Å². The van der Waals surface area contributed by atoms with Gasteiger partial charge in [-0.3, -0.25) is 5.43 Å². The molecular weight excluding hydrogens is 397 g/mol. The van der Waals surface area contributed by atoms with Gasteiger partial charge in [0.25, 0.3) is 0 Å². The van der Waals surface area contributed by atoms with Crippen molar-refractivity contribution in [3.63, 3.8) is 0 Å². The van der Waals surface area contributed by atoms with E-state index < -0.39 is 5.97 Å². The van der Waals surface area contributed by atoms with Crippen molar-refractivity contribution in [1.82, 2.24) is 4.98 Å². The van der Waals surface area contributed by atoms with Gasteiger partial charge < -0.3 is 9.47 Å². The van der Waals surface area contributed by atoms with Gasteiger partial charge >= 0.3 is 5.97 Å². The summed E-state index contributed by atoms with van der Waals surface area (Å²) in [6.07, 6.45) is 3.05. The molecule has 0 saturated heterocycles. The summed E-state index contributed by atoms with van der Waals surface area (Å²) in [5, 5.41) is 5.46. The van der Waals surface area contributed by atoms with E-state index in [0.717, 1.165) is 6.42 Å². The summed E-state index contributed by atoms with van der Waals surface area (Å²) in [5.41, 5.74) is 4.18. The number of carbonyl (C=O) groups excluding carboxylic acids is 1. The maximum absolute atomic E-state index is 11.7. The minimum atomic E-state index is -0.405. The molecule has 0 unspecified atom stereocenters. The Morgan fingerprint density at radius 2 is 2.04 bits per heavy atom. The van der Waals surface area contributed by atoms with Crippen LogP contribution < -0.4 is 10.2 Å². The lowest BCUT2D eigenvalue weighted by atomic mass is 10.2. The van der Waals surface area contributed by atoms with Crippen LogP contribution in [0.2, 0.25) is 10.0 Å². The van der Waals surface area contributed by atoms with Gasteiger partial charge in [0.05, 0.1) is 35.7 Å². The molecule has 0 saturated carbocycles. The van der Waals surface area contributed by atoms with Crippen LogP contribution in [0.5, 0.6) is 5.75 Å². The Labute approximate surface area is 166 Å². The number of hydrogen-bond donors (Lipinski definition) is 1. The molecule has 2 rings (SSSR count). The second kappa shape index (κ2) is 9.75. The summed E-state index contributed by atoms with van der Waals surface area (Å²) in [6, 6.07) is 3.42. The van der Waals surface area contributed by atoms with Crippen LogP contribution >= 0.6 is 34.5 Å². The van der Waals surface area contributed by atoms with Crippen molar-refractivity contribution >= 4 is 51.9 Å². The highest BCUT2D eigenvalue weighted by Crippen LogP contribution is 2.34. The summed E-state index contributed by atoms with van der Waals surface area (Å²) < 4.78 is 10.3. The highest BCUT2D eigenvalue weighted by Gasteiger charge is 2.17.